The molecular weight excluding hydrogens is 350 g/mol. The maximum atomic E-state index is 14.0. The third kappa shape index (κ3) is 2.36. The van der Waals surface area contributed by atoms with Gasteiger partial charge in [0.1, 0.15) is 5.82 Å². The van der Waals surface area contributed by atoms with E-state index >= 15 is 0 Å². The smallest absolute Gasteiger partial charge is 0.260 e. The van der Waals surface area contributed by atoms with Gasteiger partial charge in [0.2, 0.25) is 0 Å². The first-order chi connectivity index (χ1) is 13.1. The monoisotopic (exact) mass is 362 g/mol. The third-order valence-corrected chi connectivity index (χ3v) is 4.57. The minimum Gasteiger partial charge on any atom is -0.367 e. The topological polar surface area (TPSA) is 77.3 Å². The largest absolute Gasteiger partial charge is 0.367 e. The number of imidazole rings is 1. The normalized spacial score (nSPS) is 11.5. The predicted molar refractivity (Wildman–Crippen MR) is 99.4 cm³/mol. The molecule has 0 amide bonds. The molecule has 0 aliphatic carbocycles. The van der Waals surface area contributed by atoms with Gasteiger partial charge in [-0.15, -0.1) is 0 Å². The number of aromatic amines is 3. The molecule has 5 aromatic rings. The van der Waals surface area contributed by atoms with Crippen molar-refractivity contribution in [3.05, 3.63) is 76.8 Å². The number of halogens is 2. The van der Waals surface area contributed by atoms with Crippen molar-refractivity contribution in [1.82, 2.24) is 19.9 Å². The Balaban J connectivity index is 1.94. The minimum atomic E-state index is -1.02. The molecule has 0 aliphatic heterocycles. The van der Waals surface area contributed by atoms with Crippen molar-refractivity contribution in [3.8, 4) is 22.5 Å². The van der Waals surface area contributed by atoms with Gasteiger partial charge in [-0.05, 0) is 24.3 Å². The SMILES string of the molecule is O=c1[nH]c2cc(F)c(F)cc2c(-c2cc[nH]c2)c1-c1nc2ccccc2[nH]1. The van der Waals surface area contributed by atoms with E-state index < -0.39 is 17.2 Å². The summed E-state index contributed by atoms with van der Waals surface area (Å²) in [5, 5.41) is 0.392. The molecular formula is C20H12F2N4O. The lowest BCUT2D eigenvalue weighted by atomic mass is 9.97. The van der Waals surface area contributed by atoms with Crippen LogP contribution in [0, 0.1) is 11.6 Å². The van der Waals surface area contributed by atoms with Gasteiger partial charge in [-0.2, -0.15) is 0 Å². The van der Waals surface area contributed by atoms with Crippen LogP contribution in [0.3, 0.4) is 0 Å². The summed E-state index contributed by atoms with van der Waals surface area (Å²) in [4.78, 5) is 26.1. The Hall–Kier alpha value is -3.74. The van der Waals surface area contributed by atoms with Crippen molar-refractivity contribution in [1.29, 1.82) is 0 Å². The van der Waals surface area contributed by atoms with Gasteiger partial charge >= 0.3 is 0 Å². The zero-order valence-electron chi connectivity index (χ0n) is 13.8. The number of hydrogen-bond donors (Lipinski definition) is 3. The first-order valence-electron chi connectivity index (χ1n) is 8.25. The molecule has 0 atom stereocenters. The van der Waals surface area contributed by atoms with Gasteiger partial charge in [-0.1, -0.05) is 12.1 Å². The van der Waals surface area contributed by atoms with E-state index in [1.807, 2.05) is 24.3 Å². The summed E-state index contributed by atoms with van der Waals surface area (Å²) >= 11 is 0. The molecule has 3 heterocycles. The van der Waals surface area contributed by atoms with Gasteiger partial charge in [-0.25, -0.2) is 13.8 Å². The number of nitrogens with zero attached hydrogens (tertiary/aromatic N) is 1. The maximum absolute atomic E-state index is 14.0. The highest BCUT2D eigenvalue weighted by molar-refractivity contribution is 6.01. The summed E-state index contributed by atoms with van der Waals surface area (Å²) < 4.78 is 27.7. The van der Waals surface area contributed by atoms with Crippen LogP contribution in [-0.4, -0.2) is 19.9 Å². The molecule has 0 saturated heterocycles. The molecule has 7 heteroatoms. The van der Waals surface area contributed by atoms with Crippen molar-refractivity contribution in [3.63, 3.8) is 0 Å². The lowest BCUT2D eigenvalue weighted by molar-refractivity contribution is 0.510. The Morgan fingerprint density at radius 2 is 1.70 bits per heavy atom. The second kappa shape index (κ2) is 5.63. The lowest BCUT2D eigenvalue weighted by Gasteiger charge is -2.10. The molecule has 0 fully saturated rings. The van der Waals surface area contributed by atoms with E-state index in [1.54, 1.807) is 18.5 Å². The summed E-state index contributed by atoms with van der Waals surface area (Å²) in [6.45, 7) is 0. The molecule has 0 spiro atoms. The average molecular weight is 362 g/mol. The fourth-order valence-electron chi connectivity index (χ4n) is 3.37. The highest BCUT2D eigenvalue weighted by Crippen LogP contribution is 2.35. The number of nitrogens with one attached hydrogen (secondary N) is 3. The highest BCUT2D eigenvalue weighted by atomic mass is 19.2. The van der Waals surface area contributed by atoms with E-state index in [2.05, 4.69) is 19.9 Å². The Bertz CT molecular complexity index is 1330. The van der Waals surface area contributed by atoms with Crippen molar-refractivity contribution >= 4 is 21.9 Å². The summed E-state index contributed by atoms with van der Waals surface area (Å²) in [6, 6.07) is 11.2. The van der Waals surface area contributed by atoms with Crippen molar-refractivity contribution in [2.75, 3.05) is 0 Å². The molecule has 0 unspecified atom stereocenters. The zero-order valence-corrected chi connectivity index (χ0v) is 13.8. The van der Waals surface area contributed by atoms with Crippen LogP contribution >= 0.6 is 0 Å². The zero-order chi connectivity index (χ0) is 18.5. The molecule has 3 N–H and O–H groups in total. The fraction of sp³-hybridized carbons (Fsp3) is 0. The first-order valence-corrected chi connectivity index (χ1v) is 8.25. The second-order valence-electron chi connectivity index (χ2n) is 6.22. The Labute approximate surface area is 150 Å². The fourth-order valence-corrected chi connectivity index (χ4v) is 3.37. The Morgan fingerprint density at radius 3 is 2.48 bits per heavy atom. The quantitative estimate of drug-likeness (QED) is 0.437. The van der Waals surface area contributed by atoms with Crippen LogP contribution in [-0.2, 0) is 0 Å². The standard InChI is InChI=1S/C20H12F2N4O/c21-12-7-11-16(8-13(12)22)26-20(27)18(17(11)10-5-6-23-9-10)19-24-14-3-1-2-4-15(14)25-19/h1-9,23H,(H,24,25)(H,26,27). The molecule has 3 aromatic heterocycles. The summed E-state index contributed by atoms with van der Waals surface area (Å²) in [5.41, 5.74) is 2.68. The number of benzene rings is 2. The minimum absolute atomic E-state index is 0.218. The number of rotatable bonds is 2. The van der Waals surface area contributed by atoms with Crippen LogP contribution in [0.4, 0.5) is 8.78 Å². The van der Waals surface area contributed by atoms with Crippen molar-refractivity contribution in [2.24, 2.45) is 0 Å². The molecule has 27 heavy (non-hydrogen) atoms. The number of para-hydroxylation sites is 2. The number of fused-ring (bicyclic) bond motifs is 2. The van der Waals surface area contributed by atoms with Crippen molar-refractivity contribution < 1.29 is 8.78 Å². The maximum Gasteiger partial charge on any atom is 0.260 e. The van der Waals surface area contributed by atoms with Crippen LogP contribution in [0.1, 0.15) is 0 Å². The highest BCUT2D eigenvalue weighted by Gasteiger charge is 2.20. The Kier molecular flexibility index (Phi) is 3.24. The van der Waals surface area contributed by atoms with Crippen LogP contribution in [0.25, 0.3) is 44.5 Å². The molecule has 5 nitrogen and oxygen atoms in total. The van der Waals surface area contributed by atoms with Gasteiger partial charge in [0.25, 0.3) is 5.56 Å². The first kappa shape index (κ1) is 15.5. The van der Waals surface area contributed by atoms with Crippen LogP contribution in [0.15, 0.2) is 59.7 Å². The number of pyridine rings is 1. The van der Waals surface area contributed by atoms with E-state index in [9.17, 15) is 13.6 Å². The van der Waals surface area contributed by atoms with E-state index in [0.717, 1.165) is 17.6 Å². The Morgan fingerprint density at radius 1 is 0.889 bits per heavy atom. The average Bonchev–Trinajstić information content (AvgIpc) is 3.31. The van der Waals surface area contributed by atoms with Gasteiger partial charge in [0, 0.05) is 35.0 Å². The summed E-state index contributed by atoms with van der Waals surface area (Å²) in [5.74, 6) is -1.64. The molecule has 0 aliphatic rings. The predicted octanol–water partition coefficient (Wildman–Crippen LogP) is 4.34. The van der Waals surface area contributed by atoms with E-state index in [0.29, 0.717) is 27.9 Å². The summed E-state index contributed by atoms with van der Waals surface area (Å²) in [7, 11) is 0. The van der Waals surface area contributed by atoms with E-state index in [-0.39, 0.29) is 11.1 Å². The van der Waals surface area contributed by atoms with Crippen LogP contribution in [0.2, 0.25) is 0 Å². The number of H-pyrrole nitrogens is 3. The van der Waals surface area contributed by atoms with Crippen LogP contribution < -0.4 is 5.56 Å². The van der Waals surface area contributed by atoms with Crippen molar-refractivity contribution in [2.45, 2.75) is 0 Å². The second-order valence-corrected chi connectivity index (χ2v) is 6.22. The molecule has 2 aromatic carbocycles. The molecule has 5 rings (SSSR count). The van der Waals surface area contributed by atoms with Crippen LogP contribution in [0.5, 0.6) is 0 Å². The van der Waals surface area contributed by atoms with Gasteiger partial charge in [-0.3, -0.25) is 4.79 Å². The van der Waals surface area contributed by atoms with Gasteiger partial charge < -0.3 is 15.0 Å². The number of aromatic nitrogens is 4. The lowest BCUT2D eigenvalue weighted by Crippen LogP contribution is -2.12. The van der Waals surface area contributed by atoms with Gasteiger partial charge in [0.05, 0.1) is 22.1 Å². The van der Waals surface area contributed by atoms with E-state index in [1.165, 1.54) is 0 Å². The molecule has 0 radical (unpaired) electrons. The third-order valence-electron chi connectivity index (χ3n) is 4.57. The molecule has 0 bridgehead atoms. The van der Waals surface area contributed by atoms with E-state index in [4.69, 9.17) is 0 Å². The van der Waals surface area contributed by atoms with Gasteiger partial charge in [0.15, 0.2) is 11.6 Å². The summed E-state index contributed by atoms with van der Waals surface area (Å²) in [6.07, 6.45) is 3.40. The molecule has 0 saturated carbocycles. The number of hydrogen-bond acceptors (Lipinski definition) is 2. The molecule has 132 valence electrons.